The fourth-order valence-corrected chi connectivity index (χ4v) is 4.22. The fraction of sp³-hybridized carbons (Fsp3) is 0.588. The predicted octanol–water partition coefficient (Wildman–Crippen LogP) is 1.91. The average Bonchev–Trinajstić information content (AvgIpc) is 2.58. The zero-order valence-corrected chi connectivity index (χ0v) is 19.1. The highest BCUT2D eigenvalue weighted by Crippen LogP contribution is 2.25. The number of methoxy groups -OCH3 is 2. The van der Waals surface area contributed by atoms with Crippen molar-refractivity contribution in [2.24, 2.45) is 4.99 Å². The van der Waals surface area contributed by atoms with Crippen LogP contribution in [0.2, 0.25) is 0 Å². The summed E-state index contributed by atoms with van der Waals surface area (Å²) in [7, 11) is 1.85. The molecule has 1 aliphatic heterocycles. The molecule has 0 saturated carbocycles. The van der Waals surface area contributed by atoms with Crippen molar-refractivity contribution in [1.82, 2.24) is 10.2 Å². The highest BCUT2D eigenvalue weighted by atomic mass is 127. The lowest BCUT2D eigenvalue weighted by Crippen LogP contribution is -2.57. The number of aliphatic imine (C=N–C) groups is 1. The van der Waals surface area contributed by atoms with Gasteiger partial charge in [-0.25, -0.2) is 8.42 Å². The van der Waals surface area contributed by atoms with Gasteiger partial charge in [-0.3, -0.25) is 4.99 Å². The Balaban J connectivity index is 0.00000338. The second kappa shape index (κ2) is 9.12. The van der Waals surface area contributed by atoms with Crippen LogP contribution in [0, 0.1) is 0 Å². The van der Waals surface area contributed by atoms with Gasteiger partial charge in [-0.1, -0.05) is 0 Å². The van der Waals surface area contributed by atoms with Gasteiger partial charge in [-0.15, -0.1) is 24.0 Å². The molecule has 1 aliphatic rings. The number of nitrogens with zero attached hydrogens (tertiary/aromatic N) is 2. The van der Waals surface area contributed by atoms with Crippen molar-refractivity contribution in [1.29, 1.82) is 0 Å². The Hall–Kier alpha value is -1.23. The molecule has 0 spiro atoms. The molecule has 1 fully saturated rings. The Labute approximate surface area is 173 Å². The summed E-state index contributed by atoms with van der Waals surface area (Å²) < 4.78 is 34.2. The van der Waals surface area contributed by atoms with Crippen LogP contribution in [0.3, 0.4) is 0 Å². The summed E-state index contributed by atoms with van der Waals surface area (Å²) in [6, 6.07) is 5.61. The Morgan fingerprint density at radius 1 is 1.31 bits per heavy atom. The third kappa shape index (κ3) is 4.93. The van der Waals surface area contributed by atoms with E-state index in [0.29, 0.717) is 25.6 Å². The third-order valence-electron chi connectivity index (χ3n) is 4.48. The molecular weight excluding hydrogens is 469 g/mol. The van der Waals surface area contributed by atoms with E-state index in [1.54, 1.807) is 35.1 Å². The number of rotatable bonds is 4. The van der Waals surface area contributed by atoms with Crippen molar-refractivity contribution in [2.75, 3.05) is 40.1 Å². The van der Waals surface area contributed by atoms with E-state index in [4.69, 9.17) is 9.47 Å². The Bertz CT molecular complexity index is 750. The van der Waals surface area contributed by atoms with Gasteiger partial charge >= 0.3 is 0 Å². The highest BCUT2D eigenvalue weighted by Gasteiger charge is 2.40. The molecule has 9 heteroatoms. The normalized spacial score (nSPS) is 18.7. The van der Waals surface area contributed by atoms with E-state index in [1.807, 2.05) is 23.1 Å². The molecule has 1 saturated heterocycles. The molecule has 0 aromatic heterocycles. The number of guanidine groups is 1. The summed E-state index contributed by atoms with van der Waals surface area (Å²) in [6.45, 7) is 4.85. The minimum Gasteiger partial charge on any atom is -0.497 e. The minimum atomic E-state index is -3.08. The van der Waals surface area contributed by atoms with Crippen LogP contribution in [0.4, 0.5) is 0 Å². The molecule has 1 heterocycles. The first-order valence-corrected chi connectivity index (χ1v) is 9.78. The maximum absolute atomic E-state index is 12.2. The zero-order chi connectivity index (χ0) is 18.7. The summed E-state index contributed by atoms with van der Waals surface area (Å²) in [4.78, 5) is 6.28. The first-order chi connectivity index (χ1) is 11.7. The van der Waals surface area contributed by atoms with Crippen LogP contribution in [0.25, 0.3) is 0 Å². The van der Waals surface area contributed by atoms with Gasteiger partial charge in [0.15, 0.2) is 15.8 Å². The third-order valence-corrected chi connectivity index (χ3v) is 7.01. The molecule has 0 unspecified atom stereocenters. The molecule has 0 bridgehead atoms. The van der Waals surface area contributed by atoms with E-state index in [9.17, 15) is 8.42 Å². The van der Waals surface area contributed by atoms with Crippen molar-refractivity contribution < 1.29 is 17.9 Å². The summed E-state index contributed by atoms with van der Waals surface area (Å²) in [5, 5.41) is 3.29. The molecule has 1 N–H and O–H groups in total. The maximum Gasteiger partial charge on any atom is 0.193 e. The number of hydrogen-bond donors (Lipinski definition) is 1. The van der Waals surface area contributed by atoms with Crippen LogP contribution < -0.4 is 14.8 Å². The van der Waals surface area contributed by atoms with Gasteiger partial charge in [0.25, 0.3) is 0 Å². The number of ether oxygens (including phenoxy) is 2. The lowest BCUT2D eigenvalue weighted by atomic mass is 10.1. The highest BCUT2D eigenvalue weighted by molar-refractivity contribution is 14.0. The summed E-state index contributed by atoms with van der Waals surface area (Å²) in [5.41, 5.74) is 0.937. The Kier molecular flexibility index (Phi) is 8.00. The summed E-state index contributed by atoms with van der Waals surface area (Å²) in [5.74, 6) is 2.30. The van der Waals surface area contributed by atoms with Gasteiger partial charge in [0, 0.05) is 32.2 Å². The molecule has 148 valence electrons. The van der Waals surface area contributed by atoms with Crippen molar-refractivity contribution in [3.63, 3.8) is 0 Å². The standard InChI is InChI=1S/C17H27N3O4S.HI/c1-17(2)12-20(8-9-25(17,21)22)16(18-3)19-11-13-10-14(23-4)6-7-15(13)24-5;/h6-7,10H,8-9,11-12H2,1-5H3,(H,18,19);1H. The molecule has 0 atom stereocenters. The van der Waals surface area contributed by atoms with Crippen LogP contribution in [-0.4, -0.2) is 64.1 Å². The van der Waals surface area contributed by atoms with Gasteiger partial charge in [0.2, 0.25) is 0 Å². The molecule has 26 heavy (non-hydrogen) atoms. The quantitative estimate of drug-likeness (QED) is 0.389. The van der Waals surface area contributed by atoms with Crippen LogP contribution in [0.5, 0.6) is 11.5 Å². The molecule has 0 radical (unpaired) electrons. The smallest absolute Gasteiger partial charge is 0.193 e. The van der Waals surface area contributed by atoms with Crippen LogP contribution in [-0.2, 0) is 16.4 Å². The minimum absolute atomic E-state index is 0. The SMILES string of the molecule is CN=C(NCc1cc(OC)ccc1OC)N1CCS(=O)(=O)C(C)(C)C1.I. The zero-order valence-electron chi connectivity index (χ0n) is 15.9. The number of hydrogen-bond acceptors (Lipinski definition) is 5. The summed E-state index contributed by atoms with van der Waals surface area (Å²) >= 11 is 0. The van der Waals surface area contributed by atoms with Gasteiger partial charge < -0.3 is 19.7 Å². The van der Waals surface area contributed by atoms with Crippen molar-refractivity contribution in [3.8, 4) is 11.5 Å². The fourth-order valence-electron chi connectivity index (χ4n) is 2.85. The molecule has 7 nitrogen and oxygen atoms in total. The molecule has 0 aliphatic carbocycles. The number of halogens is 1. The van der Waals surface area contributed by atoms with Gasteiger partial charge in [0.05, 0.1) is 24.7 Å². The second-order valence-corrected chi connectivity index (χ2v) is 9.32. The Morgan fingerprint density at radius 2 is 2.00 bits per heavy atom. The van der Waals surface area contributed by atoms with Crippen LogP contribution >= 0.6 is 24.0 Å². The van der Waals surface area contributed by atoms with Crippen LogP contribution in [0.15, 0.2) is 23.2 Å². The first kappa shape index (κ1) is 22.8. The van der Waals surface area contributed by atoms with E-state index in [0.717, 1.165) is 17.1 Å². The molecule has 1 aromatic rings. The molecular formula is C17H28IN3O4S. The van der Waals surface area contributed by atoms with Gasteiger partial charge in [-0.2, -0.15) is 0 Å². The number of nitrogens with one attached hydrogen (secondary N) is 1. The number of sulfone groups is 1. The second-order valence-electron chi connectivity index (χ2n) is 6.58. The lowest BCUT2D eigenvalue weighted by Gasteiger charge is -2.39. The van der Waals surface area contributed by atoms with Crippen molar-refractivity contribution >= 4 is 39.8 Å². The molecule has 0 amide bonds. The maximum atomic E-state index is 12.2. The van der Waals surface area contributed by atoms with E-state index in [1.165, 1.54) is 0 Å². The monoisotopic (exact) mass is 497 g/mol. The van der Waals surface area contributed by atoms with Crippen molar-refractivity contribution in [2.45, 2.75) is 25.1 Å². The lowest BCUT2D eigenvalue weighted by molar-refractivity contribution is 0.352. The van der Waals surface area contributed by atoms with E-state index in [-0.39, 0.29) is 29.7 Å². The number of benzene rings is 1. The topological polar surface area (TPSA) is 80.2 Å². The average molecular weight is 497 g/mol. The van der Waals surface area contributed by atoms with Crippen LogP contribution in [0.1, 0.15) is 19.4 Å². The molecule has 2 rings (SSSR count). The first-order valence-electron chi connectivity index (χ1n) is 8.13. The largest absolute Gasteiger partial charge is 0.497 e. The van der Waals surface area contributed by atoms with E-state index in [2.05, 4.69) is 10.3 Å². The van der Waals surface area contributed by atoms with Gasteiger partial charge in [0.1, 0.15) is 11.5 Å². The van der Waals surface area contributed by atoms with E-state index >= 15 is 0 Å². The Morgan fingerprint density at radius 3 is 2.54 bits per heavy atom. The van der Waals surface area contributed by atoms with Gasteiger partial charge in [-0.05, 0) is 32.0 Å². The molecule has 1 aromatic carbocycles. The van der Waals surface area contributed by atoms with E-state index < -0.39 is 14.6 Å². The predicted molar refractivity (Wildman–Crippen MR) is 115 cm³/mol. The summed E-state index contributed by atoms with van der Waals surface area (Å²) in [6.07, 6.45) is 0. The van der Waals surface area contributed by atoms with Crippen molar-refractivity contribution in [3.05, 3.63) is 23.8 Å².